The van der Waals surface area contributed by atoms with Crippen LogP contribution in [-0.4, -0.2) is 37.0 Å². The number of hydrogen-bond acceptors (Lipinski definition) is 2. The van der Waals surface area contributed by atoms with Gasteiger partial charge >= 0.3 is 0 Å². The highest BCUT2D eigenvalue weighted by atomic mass is 16.2. The lowest BCUT2D eigenvalue weighted by Crippen LogP contribution is -2.57. The first kappa shape index (κ1) is 12.5. The van der Waals surface area contributed by atoms with Gasteiger partial charge in [-0.1, -0.05) is 27.7 Å². The highest BCUT2D eigenvalue weighted by molar-refractivity contribution is 5.76. The maximum atomic E-state index is 11.9. The fraction of sp³-hybridized carbons (Fsp3) is 0.917. The van der Waals surface area contributed by atoms with Crippen molar-refractivity contribution in [3.63, 3.8) is 0 Å². The van der Waals surface area contributed by atoms with Crippen molar-refractivity contribution < 1.29 is 4.79 Å². The van der Waals surface area contributed by atoms with Crippen LogP contribution in [0.5, 0.6) is 0 Å². The fourth-order valence-electron chi connectivity index (χ4n) is 1.46. The Balaban J connectivity index is 2.40. The summed E-state index contributed by atoms with van der Waals surface area (Å²) in [5.41, 5.74) is 0.217. The van der Waals surface area contributed by atoms with E-state index in [-0.39, 0.29) is 11.3 Å². The molecular formula is C12H24N2O. The second-order valence-electron chi connectivity index (χ2n) is 5.79. The molecule has 1 rings (SSSR count). The first-order valence-electron chi connectivity index (χ1n) is 5.78. The summed E-state index contributed by atoms with van der Waals surface area (Å²) in [5.74, 6) is 0.712. The summed E-state index contributed by atoms with van der Waals surface area (Å²) in [6.45, 7) is 10.6. The van der Waals surface area contributed by atoms with Crippen molar-refractivity contribution in [1.29, 1.82) is 0 Å². The average molecular weight is 212 g/mol. The van der Waals surface area contributed by atoms with Crippen LogP contribution in [0.3, 0.4) is 0 Å². The first-order valence-corrected chi connectivity index (χ1v) is 5.78. The minimum absolute atomic E-state index is 0.217. The highest BCUT2D eigenvalue weighted by Gasteiger charge is 2.28. The van der Waals surface area contributed by atoms with Crippen LogP contribution in [0.2, 0.25) is 0 Å². The predicted molar refractivity (Wildman–Crippen MR) is 62.7 cm³/mol. The van der Waals surface area contributed by atoms with Crippen molar-refractivity contribution in [2.24, 2.45) is 11.3 Å². The lowest BCUT2D eigenvalue weighted by Gasteiger charge is -2.37. The number of nitrogens with zero attached hydrogens (tertiary/aromatic N) is 1. The van der Waals surface area contributed by atoms with E-state index in [4.69, 9.17) is 0 Å². The summed E-state index contributed by atoms with van der Waals surface area (Å²) in [4.78, 5) is 13.8. The summed E-state index contributed by atoms with van der Waals surface area (Å²) in [6, 6.07) is 0.421. The zero-order valence-electron chi connectivity index (χ0n) is 10.6. The molecule has 0 aromatic carbocycles. The normalized spacial score (nSPS) is 19.5. The molecule has 0 aromatic rings. The number of nitrogens with one attached hydrogen (secondary N) is 1. The SMILES string of the molecule is CC(CC(=O)N(C)C1CNC1)C(C)(C)C. The van der Waals surface area contributed by atoms with Gasteiger partial charge in [0.05, 0.1) is 6.04 Å². The monoisotopic (exact) mass is 212 g/mol. The third kappa shape index (κ3) is 3.20. The molecule has 1 atom stereocenters. The molecule has 3 heteroatoms. The Hall–Kier alpha value is -0.570. The molecule has 1 aliphatic heterocycles. The Morgan fingerprint density at radius 1 is 1.47 bits per heavy atom. The Bertz CT molecular complexity index is 228. The molecule has 1 fully saturated rings. The summed E-state index contributed by atoms with van der Waals surface area (Å²) in [6.07, 6.45) is 0.663. The van der Waals surface area contributed by atoms with Gasteiger partial charge in [-0.15, -0.1) is 0 Å². The summed E-state index contributed by atoms with van der Waals surface area (Å²) >= 11 is 0. The minimum atomic E-state index is 0.217. The van der Waals surface area contributed by atoms with Crippen LogP contribution in [-0.2, 0) is 4.79 Å². The molecule has 1 saturated heterocycles. The van der Waals surface area contributed by atoms with Crippen molar-refractivity contribution in [1.82, 2.24) is 10.2 Å². The molecule has 1 N–H and O–H groups in total. The Morgan fingerprint density at radius 3 is 2.33 bits per heavy atom. The van der Waals surface area contributed by atoms with Crippen molar-refractivity contribution in [3.05, 3.63) is 0 Å². The smallest absolute Gasteiger partial charge is 0.222 e. The third-order valence-corrected chi connectivity index (χ3v) is 3.66. The van der Waals surface area contributed by atoms with Gasteiger partial charge in [-0.05, 0) is 11.3 Å². The van der Waals surface area contributed by atoms with Gasteiger partial charge in [-0.25, -0.2) is 0 Å². The second kappa shape index (κ2) is 4.52. The molecule has 1 unspecified atom stereocenters. The maximum Gasteiger partial charge on any atom is 0.222 e. The van der Waals surface area contributed by atoms with Crippen molar-refractivity contribution in [2.75, 3.05) is 20.1 Å². The Kier molecular flexibility index (Phi) is 3.77. The van der Waals surface area contributed by atoms with Crippen LogP contribution in [0, 0.1) is 11.3 Å². The van der Waals surface area contributed by atoms with E-state index >= 15 is 0 Å². The number of carbonyl (C=O) groups is 1. The van der Waals surface area contributed by atoms with Gasteiger partial charge in [0.15, 0.2) is 0 Å². The zero-order chi connectivity index (χ0) is 11.6. The lowest BCUT2D eigenvalue weighted by molar-refractivity contribution is -0.134. The molecule has 1 heterocycles. The number of rotatable bonds is 3. The first-order chi connectivity index (χ1) is 6.82. The molecule has 0 saturated carbocycles. The van der Waals surface area contributed by atoms with E-state index in [1.54, 1.807) is 0 Å². The number of hydrogen-bond donors (Lipinski definition) is 1. The van der Waals surface area contributed by atoms with E-state index in [9.17, 15) is 4.79 Å². The molecule has 0 aliphatic carbocycles. The summed E-state index contributed by atoms with van der Waals surface area (Å²) < 4.78 is 0. The maximum absolute atomic E-state index is 11.9. The van der Waals surface area contributed by atoms with Gasteiger partial charge < -0.3 is 10.2 Å². The number of amides is 1. The van der Waals surface area contributed by atoms with Crippen LogP contribution >= 0.6 is 0 Å². The molecule has 0 aromatic heterocycles. The number of carbonyl (C=O) groups excluding carboxylic acids is 1. The van der Waals surface area contributed by atoms with Gasteiger partial charge in [0, 0.05) is 26.6 Å². The zero-order valence-corrected chi connectivity index (χ0v) is 10.6. The van der Waals surface area contributed by atoms with Gasteiger partial charge in [0.2, 0.25) is 5.91 Å². The van der Waals surface area contributed by atoms with E-state index < -0.39 is 0 Å². The van der Waals surface area contributed by atoms with E-state index in [0.717, 1.165) is 13.1 Å². The second-order valence-corrected chi connectivity index (χ2v) is 5.79. The van der Waals surface area contributed by atoms with Crippen LogP contribution in [0.25, 0.3) is 0 Å². The Morgan fingerprint density at radius 2 is 2.00 bits per heavy atom. The molecule has 1 aliphatic rings. The van der Waals surface area contributed by atoms with Crippen LogP contribution in [0.1, 0.15) is 34.1 Å². The number of likely N-dealkylation sites (N-methyl/N-ethyl adjacent to an activating group) is 1. The van der Waals surface area contributed by atoms with Crippen LogP contribution < -0.4 is 5.32 Å². The van der Waals surface area contributed by atoms with Gasteiger partial charge in [-0.2, -0.15) is 0 Å². The van der Waals surface area contributed by atoms with Crippen LogP contribution in [0.4, 0.5) is 0 Å². The third-order valence-electron chi connectivity index (χ3n) is 3.66. The summed E-state index contributed by atoms with van der Waals surface area (Å²) in [7, 11) is 1.92. The van der Waals surface area contributed by atoms with E-state index in [0.29, 0.717) is 18.4 Å². The standard InChI is InChI=1S/C12H24N2O/c1-9(12(2,3)4)6-11(15)14(5)10-7-13-8-10/h9-10,13H,6-8H2,1-5H3. The average Bonchev–Trinajstić information content (AvgIpc) is 1.98. The van der Waals surface area contributed by atoms with E-state index in [1.165, 1.54) is 0 Å². The van der Waals surface area contributed by atoms with E-state index in [1.807, 2.05) is 11.9 Å². The molecule has 0 radical (unpaired) electrons. The van der Waals surface area contributed by atoms with Crippen LogP contribution in [0.15, 0.2) is 0 Å². The van der Waals surface area contributed by atoms with Gasteiger partial charge in [-0.3, -0.25) is 4.79 Å². The quantitative estimate of drug-likeness (QED) is 0.768. The molecule has 3 nitrogen and oxygen atoms in total. The van der Waals surface area contributed by atoms with Gasteiger partial charge in [0.25, 0.3) is 0 Å². The lowest BCUT2D eigenvalue weighted by atomic mass is 9.80. The molecule has 88 valence electrons. The largest absolute Gasteiger partial charge is 0.340 e. The fourth-order valence-corrected chi connectivity index (χ4v) is 1.46. The molecular weight excluding hydrogens is 188 g/mol. The predicted octanol–water partition coefficient (Wildman–Crippen LogP) is 1.49. The highest BCUT2D eigenvalue weighted by Crippen LogP contribution is 2.28. The van der Waals surface area contributed by atoms with E-state index in [2.05, 4.69) is 33.0 Å². The molecule has 0 spiro atoms. The van der Waals surface area contributed by atoms with Crippen molar-refractivity contribution in [2.45, 2.75) is 40.2 Å². The molecule has 1 amide bonds. The van der Waals surface area contributed by atoms with Gasteiger partial charge in [0.1, 0.15) is 0 Å². The summed E-state index contributed by atoms with van der Waals surface area (Å²) in [5, 5.41) is 3.19. The van der Waals surface area contributed by atoms with Crippen molar-refractivity contribution in [3.8, 4) is 0 Å². The molecule has 0 bridgehead atoms. The minimum Gasteiger partial charge on any atom is -0.340 e. The topological polar surface area (TPSA) is 32.3 Å². The molecule has 15 heavy (non-hydrogen) atoms. The van der Waals surface area contributed by atoms with Crippen molar-refractivity contribution >= 4 is 5.91 Å². The Labute approximate surface area is 93.2 Å².